The van der Waals surface area contributed by atoms with Crippen molar-refractivity contribution in [2.75, 3.05) is 55.9 Å². The van der Waals surface area contributed by atoms with Crippen LogP contribution < -0.4 is 20.4 Å². The van der Waals surface area contributed by atoms with Crippen molar-refractivity contribution in [1.82, 2.24) is 20.3 Å². The molecule has 0 bridgehead atoms. The molecule has 0 atom stereocenters. The van der Waals surface area contributed by atoms with Crippen molar-refractivity contribution in [3.8, 4) is 0 Å². The fourth-order valence-electron chi connectivity index (χ4n) is 1.59. The number of carbonyl (C=O) groups excluding carboxylic acids is 1. The van der Waals surface area contributed by atoms with Gasteiger partial charge in [0.15, 0.2) is 0 Å². The maximum Gasteiger partial charge on any atom is 0.239 e. The van der Waals surface area contributed by atoms with Crippen molar-refractivity contribution >= 4 is 23.8 Å². The summed E-state index contributed by atoms with van der Waals surface area (Å²) in [6.07, 6.45) is 0.980. The zero-order valence-electron chi connectivity index (χ0n) is 13.5. The molecule has 1 rings (SSSR count). The molecule has 1 aromatic rings. The molecule has 0 saturated heterocycles. The molecule has 0 aromatic carbocycles. The lowest BCUT2D eigenvalue weighted by atomic mass is 10.5. The van der Waals surface area contributed by atoms with Crippen molar-refractivity contribution in [3.05, 3.63) is 0 Å². The van der Waals surface area contributed by atoms with Gasteiger partial charge in [-0.2, -0.15) is 15.0 Å². The fraction of sp³-hybridized carbons (Fsp3) is 0.692. The Kier molecular flexibility index (Phi) is 6.64. The topological polar surface area (TPSA) is 86.3 Å². The quantitative estimate of drug-likeness (QED) is 0.715. The molecule has 2 N–H and O–H groups in total. The van der Waals surface area contributed by atoms with Crippen LogP contribution in [0, 0.1) is 0 Å². The summed E-state index contributed by atoms with van der Waals surface area (Å²) in [5, 5.41) is 5.77. The first kappa shape index (κ1) is 16.9. The summed E-state index contributed by atoms with van der Waals surface area (Å²) in [7, 11) is 5.36. The number of nitrogens with zero attached hydrogens (tertiary/aromatic N) is 5. The monoisotopic (exact) mass is 295 g/mol. The second-order valence-electron chi connectivity index (χ2n) is 4.77. The molecule has 8 heteroatoms. The van der Waals surface area contributed by atoms with Gasteiger partial charge in [0.1, 0.15) is 0 Å². The van der Waals surface area contributed by atoms with Gasteiger partial charge in [-0.3, -0.25) is 4.79 Å². The lowest BCUT2D eigenvalue weighted by Crippen LogP contribution is -2.37. The van der Waals surface area contributed by atoms with Crippen molar-refractivity contribution in [3.63, 3.8) is 0 Å². The summed E-state index contributed by atoms with van der Waals surface area (Å²) in [5.41, 5.74) is 0. The molecule has 0 unspecified atom stereocenters. The molecule has 0 saturated carbocycles. The van der Waals surface area contributed by atoms with Gasteiger partial charge in [-0.1, -0.05) is 6.92 Å². The Labute approximate surface area is 126 Å². The fourth-order valence-corrected chi connectivity index (χ4v) is 1.59. The molecular weight excluding hydrogens is 270 g/mol. The van der Waals surface area contributed by atoms with Gasteiger partial charge in [-0.15, -0.1) is 0 Å². The average molecular weight is 295 g/mol. The van der Waals surface area contributed by atoms with Crippen LogP contribution in [0.1, 0.15) is 20.3 Å². The van der Waals surface area contributed by atoms with Gasteiger partial charge in [0.2, 0.25) is 23.8 Å². The molecule has 0 fully saturated rings. The molecule has 0 radical (unpaired) electrons. The Morgan fingerprint density at radius 3 is 2.33 bits per heavy atom. The Hall–Kier alpha value is -2.12. The van der Waals surface area contributed by atoms with Gasteiger partial charge in [0.05, 0.1) is 6.54 Å². The number of amides is 1. The molecule has 1 aromatic heterocycles. The summed E-state index contributed by atoms with van der Waals surface area (Å²) in [4.78, 5) is 28.4. The molecule has 1 amide bonds. The standard InChI is InChI=1S/C13H25N7O/c1-6-8-15-11-16-12(19(4)5)18-13(17-11)20(7-2)9-10(21)14-3/h6-9H2,1-5H3,(H,14,21)(H,15,16,17,18). The highest BCUT2D eigenvalue weighted by Gasteiger charge is 2.15. The van der Waals surface area contributed by atoms with Gasteiger partial charge in [0, 0.05) is 34.2 Å². The van der Waals surface area contributed by atoms with Crippen LogP contribution >= 0.6 is 0 Å². The molecule has 0 aliphatic carbocycles. The largest absolute Gasteiger partial charge is 0.358 e. The molecular formula is C13H25N7O. The number of rotatable bonds is 8. The molecule has 1 heterocycles. The third-order valence-electron chi connectivity index (χ3n) is 2.82. The second-order valence-corrected chi connectivity index (χ2v) is 4.77. The van der Waals surface area contributed by atoms with Gasteiger partial charge >= 0.3 is 0 Å². The van der Waals surface area contributed by atoms with Crippen molar-refractivity contribution < 1.29 is 4.79 Å². The highest BCUT2D eigenvalue weighted by molar-refractivity contribution is 5.80. The summed E-state index contributed by atoms with van der Waals surface area (Å²) in [6, 6.07) is 0. The summed E-state index contributed by atoms with van der Waals surface area (Å²) < 4.78 is 0. The van der Waals surface area contributed by atoms with E-state index in [2.05, 4.69) is 32.5 Å². The van der Waals surface area contributed by atoms with Crippen LogP contribution in [0.25, 0.3) is 0 Å². The van der Waals surface area contributed by atoms with Crippen molar-refractivity contribution in [2.24, 2.45) is 0 Å². The molecule has 21 heavy (non-hydrogen) atoms. The minimum absolute atomic E-state index is 0.0771. The number of nitrogens with one attached hydrogen (secondary N) is 2. The highest BCUT2D eigenvalue weighted by Crippen LogP contribution is 2.15. The van der Waals surface area contributed by atoms with E-state index in [-0.39, 0.29) is 12.5 Å². The lowest BCUT2D eigenvalue weighted by Gasteiger charge is -2.22. The molecule has 118 valence electrons. The lowest BCUT2D eigenvalue weighted by molar-refractivity contribution is -0.119. The smallest absolute Gasteiger partial charge is 0.239 e. The Balaban J connectivity index is 3.06. The van der Waals surface area contributed by atoms with Crippen LogP contribution in [0.3, 0.4) is 0 Å². The van der Waals surface area contributed by atoms with E-state index in [0.29, 0.717) is 24.4 Å². The van der Waals surface area contributed by atoms with Crippen LogP contribution in [-0.4, -0.2) is 61.6 Å². The second kappa shape index (κ2) is 8.23. The van der Waals surface area contributed by atoms with Crippen LogP contribution in [-0.2, 0) is 4.79 Å². The average Bonchev–Trinajstić information content (AvgIpc) is 2.49. The molecule has 8 nitrogen and oxygen atoms in total. The number of hydrogen-bond acceptors (Lipinski definition) is 7. The predicted octanol–water partition coefficient (Wildman–Crippen LogP) is 0.332. The molecule has 0 aliphatic rings. The molecule has 0 aliphatic heterocycles. The van der Waals surface area contributed by atoms with Gasteiger partial charge < -0.3 is 20.4 Å². The van der Waals surface area contributed by atoms with E-state index in [1.165, 1.54) is 0 Å². The van der Waals surface area contributed by atoms with E-state index >= 15 is 0 Å². The third kappa shape index (κ3) is 5.05. The summed E-state index contributed by atoms with van der Waals surface area (Å²) >= 11 is 0. The number of likely N-dealkylation sites (N-methyl/N-ethyl adjacent to an activating group) is 2. The zero-order valence-corrected chi connectivity index (χ0v) is 13.5. The third-order valence-corrected chi connectivity index (χ3v) is 2.82. The van der Waals surface area contributed by atoms with E-state index in [1.54, 1.807) is 7.05 Å². The predicted molar refractivity (Wildman–Crippen MR) is 84.9 cm³/mol. The number of aromatic nitrogens is 3. The summed E-state index contributed by atoms with van der Waals surface area (Å²) in [6.45, 7) is 5.68. The van der Waals surface area contributed by atoms with E-state index in [0.717, 1.165) is 13.0 Å². The normalized spacial score (nSPS) is 10.1. The van der Waals surface area contributed by atoms with Crippen molar-refractivity contribution in [1.29, 1.82) is 0 Å². The van der Waals surface area contributed by atoms with Crippen LogP contribution in [0.15, 0.2) is 0 Å². The summed E-state index contributed by atoms with van der Waals surface area (Å²) in [5.74, 6) is 1.51. The number of hydrogen-bond donors (Lipinski definition) is 2. The minimum Gasteiger partial charge on any atom is -0.358 e. The first-order valence-corrected chi connectivity index (χ1v) is 7.14. The van der Waals surface area contributed by atoms with Gasteiger partial charge in [-0.25, -0.2) is 0 Å². The van der Waals surface area contributed by atoms with Gasteiger partial charge in [-0.05, 0) is 13.3 Å². The van der Waals surface area contributed by atoms with Gasteiger partial charge in [0.25, 0.3) is 0 Å². The zero-order chi connectivity index (χ0) is 15.8. The van der Waals surface area contributed by atoms with E-state index in [9.17, 15) is 4.79 Å². The van der Waals surface area contributed by atoms with Crippen molar-refractivity contribution in [2.45, 2.75) is 20.3 Å². The Morgan fingerprint density at radius 1 is 1.14 bits per heavy atom. The first-order valence-electron chi connectivity index (χ1n) is 7.14. The number of anilines is 3. The van der Waals surface area contributed by atoms with E-state index < -0.39 is 0 Å². The maximum atomic E-state index is 11.6. The highest BCUT2D eigenvalue weighted by atomic mass is 16.1. The molecule has 0 spiro atoms. The van der Waals surface area contributed by atoms with E-state index in [1.807, 2.05) is 30.8 Å². The SMILES string of the molecule is CCCNc1nc(N(C)C)nc(N(CC)CC(=O)NC)n1. The van der Waals surface area contributed by atoms with E-state index in [4.69, 9.17) is 0 Å². The van der Waals surface area contributed by atoms with Crippen LogP contribution in [0.4, 0.5) is 17.8 Å². The number of carbonyl (C=O) groups is 1. The maximum absolute atomic E-state index is 11.6. The Bertz CT molecular complexity index is 464. The minimum atomic E-state index is -0.0771. The van der Waals surface area contributed by atoms with Crippen LogP contribution in [0.5, 0.6) is 0 Å². The first-order chi connectivity index (χ1) is 10.0. The van der Waals surface area contributed by atoms with Crippen LogP contribution in [0.2, 0.25) is 0 Å². The Morgan fingerprint density at radius 2 is 1.81 bits per heavy atom.